The Kier molecular flexibility index (Phi) is 6.44. The first-order chi connectivity index (χ1) is 17.0. The maximum atomic E-state index is 13.5. The van der Waals surface area contributed by atoms with Crippen molar-refractivity contribution >= 4 is 17.6 Å². The molecular weight excluding hydrogens is 445 g/mol. The van der Waals surface area contributed by atoms with Gasteiger partial charge in [-0.25, -0.2) is 19.2 Å². The van der Waals surface area contributed by atoms with Gasteiger partial charge < -0.3 is 10.2 Å². The lowest BCUT2D eigenvalue weighted by atomic mass is 9.89. The number of urea groups is 1. The molecule has 3 aromatic rings. The van der Waals surface area contributed by atoms with Crippen LogP contribution in [0.1, 0.15) is 35.8 Å². The van der Waals surface area contributed by atoms with E-state index in [1.807, 2.05) is 36.1 Å². The second kappa shape index (κ2) is 9.82. The van der Waals surface area contributed by atoms with Gasteiger partial charge in [-0.3, -0.25) is 9.69 Å². The Balaban J connectivity index is 1.30. The molecule has 8 heteroatoms. The molecule has 1 aromatic heterocycles. The van der Waals surface area contributed by atoms with Gasteiger partial charge >= 0.3 is 6.03 Å². The minimum absolute atomic E-state index is 0.0791. The number of aryl methyl sites for hydroxylation is 1. The van der Waals surface area contributed by atoms with Crippen LogP contribution >= 0.6 is 0 Å². The molecule has 180 valence electrons. The van der Waals surface area contributed by atoms with Crippen LogP contribution in [0.25, 0.3) is 11.1 Å². The quantitative estimate of drug-likeness (QED) is 0.606. The van der Waals surface area contributed by atoms with Crippen LogP contribution in [0.2, 0.25) is 0 Å². The van der Waals surface area contributed by atoms with Crippen LogP contribution in [0.5, 0.6) is 0 Å². The third-order valence-corrected chi connectivity index (χ3v) is 6.71. The second-order valence-corrected chi connectivity index (χ2v) is 9.13. The highest BCUT2D eigenvalue weighted by atomic mass is 19.1. The predicted molar refractivity (Wildman–Crippen MR) is 132 cm³/mol. The molecule has 1 atom stereocenters. The summed E-state index contributed by atoms with van der Waals surface area (Å²) < 4.78 is 13.5. The SMILES string of the molecule is Cc1ncc(-c2ccc(F)cc2)c([C@@H]2CCCN(C(=O)Cc3ccc(N4CCNC4=O)cc3)C2)n1. The van der Waals surface area contributed by atoms with Gasteiger partial charge in [0.1, 0.15) is 11.6 Å². The van der Waals surface area contributed by atoms with Crippen molar-refractivity contribution < 1.29 is 14.0 Å². The predicted octanol–water partition coefficient (Wildman–Crippen LogP) is 4.07. The number of likely N-dealkylation sites (tertiary alicyclic amines) is 1. The minimum atomic E-state index is -0.283. The molecule has 2 aliphatic rings. The molecule has 3 amide bonds. The number of nitrogens with one attached hydrogen (secondary N) is 1. The normalized spacial score (nSPS) is 18.0. The largest absolute Gasteiger partial charge is 0.342 e. The summed E-state index contributed by atoms with van der Waals surface area (Å²) >= 11 is 0. The lowest BCUT2D eigenvalue weighted by Crippen LogP contribution is -2.40. The number of piperidine rings is 1. The first-order valence-corrected chi connectivity index (χ1v) is 12.0. The number of hydrogen-bond donors (Lipinski definition) is 1. The minimum Gasteiger partial charge on any atom is -0.342 e. The van der Waals surface area contributed by atoms with E-state index in [0.717, 1.165) is 47.5 Å². The zero-order valence-electron chi connectivity index (χ0n) is 19.7. The second-order valence-electron chi connectivity index (χ2n) is 9.13. The summed E-state index contributed by atoms with van der Waals surface area (Å²) in [6.45, 7) is 4.46. The van der Waals surface area contributed by atoms with Crippen molar-refractivity contribution in [2.75, 3.05) is 31.1 Å². The van der Waals surface area contributed by atoms with Gasteiger partial charge in [-0.1, -0.05) is 24.3 Å². The molecule has 35 heavy (non-hydrogen) atoms. The van der Waals surface area contributed by atoms with E-state index in [4.69, 9.17) is 4.98 Å². The van der Waals surface area contributed by atoms with Crippen molar-refractivity contribution in [2.45, 2.75) is 32.1 Å². The molecule has 0 radical (unpaired) electrons. The Bertz CT molecular complexity index is 1230. The van der Waals surface area contributed by atoms with Crippen LogP contribution in [0, 0.1) is 12.7 Å². The Morgan fingerprint density at radius 1 is 1.11 bits per heavy atom. The van der Waals surface area contributed by atoms with E-state index in [-0.39, 0.29) is 23.7 Å². The van der Waals surface area contributed by atoms with Gasteiger partial charge in [0.25, 0.3) is 0 Å². The molecule has 3 heterocycles. The average Bonchev–Trinajstić information content (AvgIpc) is 3.31. The zero-order valence-corrected chi connectivity index (χ0v) is 19.7. The molecular formula is C27H28FN5O2. The Morgan fingerprint density at radius 3 is 2.60 bits per heavy atom. The van der Waals surface area contributed by atoms with Crippen molar-refractivity contribution in [1.29, 1.82) is 0 Å². The fourth-order valence-electron chi connectivity index (χ4n) is 4.88. The van der Waals surface area contributed by atoms with E-state index in [2.05, 4.69) is 10.3 Å². The Hall–Kier alpha value is -3.81. The third-order valence-electron chi connectivity index (χ3n) is 6.71. The number of carbonyl (C=O) groups excluding carboxylic acids is 2. The van der Waals surface area contributed by atoms with Gasteiger partial charge in [-0.05, 0) is 55.2 Å². The number of halogens is 1. The molecule has 0 unspecified atom stereocenters. The van der Waals surface area contributed by atoms with E-state index >= 15 is 0 Å². The monoisotopic (exact) mass is 473 g/mol. The van der Waals surface area contributed by atoms with Gasteiger partial charge in [0.05, 0.1) is 12.1 Å². The molecule has 5 rings (SSSR count). The summed E-state index contributed by atoms with van der Waals surface area (Å²) in [6.07, 6.45) is 3.94. The number of amides is 3. The fraction of sp³-hybridized carbons (Fsp3) is 0.333. The van der Waals surface area contributed by atoms with Crippen LogP contribution in [0.4, 0.5) is 14.9 Å². The fourth-order valence-corrected chi connectivity index (χ4v) is 4.88. The van der Waals surface area contributed by atoms with Crippen molar-refractivity contribution in [3.63, 3.8) is 0 Å². The third kappa shape index (κ3) is 5.01. The van der Waals surface area contributed by atoms with Crippen molar-refractivity contribution in [3.05, 3.63) is 77.6 Å². The highest BCUT2D eigenvalue weighted by Crippen LogP contribution is 2.33. The molecule has 2 aromatic carbocycles. The lowest BCUT2D eigenvalue weighted by Gasteiger charge is -2.33. The molecule has 2 aliphatic heterocycles. The summed E-state index contributed by atoms with van der Waals surface area (Å²) in [6, 6.07) is 13.9. The van der Waals surface area contributed by atoms with Crippen molar-refractivity contribution in [3.8, 4) is 11.1 Å². The molecule has 1 N–H and O–H groups in total. The summed E-state index contributed by atoms with van der Waals surface area (Å²) in [5.74, 6) is 0.566. The van der Waals surface area contributed by atoms with Gasteiger partial charge in [0, 0.05) is 49.5 Å². The first-order valence-electron chi connectivity index (χ1n) is 12.0. The molecule has 0 spiro atoms. The van der Waals surface area contributed by atoms with E-state index in [1.165, 1.54) is 12.1 Å². The molecule has 7 nitrogen and oxygen atoms in total. The van der Waals surface area contributed by atoms with Crippen LogP contribution in [-0.2, 0) is 11.2 Å². The molecule has 0 aliphatic carbocycles. The smallest absolute Gasteiger partial charge is 0.321 e. The first kappa shape index (κ1) is 23.0. The highest BCUT2D eigenvalue weighted by molar-refractivity contribution is 5.94. The molecule has 0 bridgehead atoms. The van der Waals surface area contributed by atoms with Gasteiger partial charge in [0.15, 0.2) is 0 Å². The number of hydrogen-bond acceptors (Lipinski definition) is 4. The maximum absolute atomic E-state index is 13.5. The van der Waals surface area contributed by atoms with Crippen LogP contribution in [0.3, 0.4) is 0 Å². The van der Waals surface area contributed by atoms with Gasteiger partial charge in [-0.2, -0.15) is 0 Å². The summed E-state index contributed by atoms with van der Waals surface area (Å²) in [5, 5.41) is 2.80. The van der Waals surface area contributed by atoms with Crippen LogP contribution < -0.4 is 10.2 Å². The lowest BCUT2D eigenvalue weighted by molar-refractivity contribution is -0.131. The van der Waals surface area contributed by atoms with Crippen molar-refractivity contribution in [1.82, 2.24) is 20.2 Å². The Labute approximate surface area is 204 Å². The van der Waals surface area contributed by atoms with Gasteiger partial charge in [0.2, 0.25) is 5.91 Å². The number of anilines is 1. The topological polar surface area (TPSA) is 78.4 Å². The standard InChI is InChI=1S/C27H28FN5O2/c1-18-30-16-24(20-6-8-22(28)9-7-20)26(31-18)21-3-2-13-32(17-21)25(34)15-19-4-10-23(11-5-19)33-14-12-29-27(33)35/h4-11,16,21H,2-3,12-15,17H2,1H3,(H,29,35)/t21-/m1/s1. The molecule has 2 saturated heterocycles. The number of benzene rings is 2. The summed E-state index contributed by atoms with van der Waals surface area (Å²) in [5.41, 5.74) is 4.43. The average molecular weight is 474 g/mol. The van der Waals surface area contributed by atoms with E-state index in [9.17, 15) is 14.0 Å². The number of carbonyl (C=O) groups is 2. The van der Waals surface area contributed by atoms with Crippen LogP contribution in [-0.4, -0.2) is 53.0 Å². The van der Waals surface area contributed by atoms with E-state index in [0.29, 0.717) is 31.9 Å². The maximum Gasteiger partial charge on any atom is 0.321 e. The summed E-state index contributed by atoms with van der Waals surface area (Å²) in [7, 11) is 0. The van der Waals surface area contributed by atoms with E-state index < -0.39 is 0 Å². The Morgan fingerprint density at radius 2 is 1.89 bits per heavy atom. The van der Waals surface area contributed by atoms with E-state index in [1.54, 1.807) is 23.2 Å². The highest BCUT2D eigenvalue weighted by Gasteiger charge is 2.28. The van der Waals surface area contributed by atoms with Gasteiger partial charge in [-0.15, -0.1) is 0 Å². The number of rotatable bonds is 5. The van der Waals surface area contributed by atoms with Crippen LogP contribution in [0.15, 0.2) is 54.7 Å². The van der Waals surface area contributed by atoms with Crippen molar-refractivity contribution in [2.24, 2.45) is 0 Å². The summed E-state index contributed by atoms with van der Waals surface area (Å²) in [4.78, 5) is 37.8. The molecule has 2 fully saturated rings. The number of nitrogens with zero attached hydrogens (tertiary/aromatic N) is 4. The molecule has 0 saturated carbocycles. The zero-order chi connectivity index (χ0) is 24.4. The number of aromatic nitrogens is 2.